The summed E-state index contributed by atoms with van der Waals surface area (Å²) in [5.41, 5.74) is 1.92. The van der Waals surface area contributed by atoms with Crippen LogP contribution in [0.15, 0.2) is 48.5 Å². The molecule has 28 heavy (non-hydrogen) atoms. The number of likely N-dealkylation sites (tertiary alicyclic amines) is 1. The van der Waals surface area contributed by atoms with Gasteiger partial charge in [0, 0.05) is 19.6 Å². The number of aliphatic hydroxyl groups excluding tert-OH is 1. The van der Waals surface area contributed by atoms with Crippen molar-refractivity contribution in [1.29, 1.82) is 5.26 Å². The molecule has 2 fully saturated rings. The highest BCUT2D eigenvalue weighted by molar-refractivity contribution is 5.39. The molecule has 2 aliphatic rings. The third-order valence-corrected chi connectivity index (χ3v) is 6.00. The molecule has 0 bridgehead atoms. The lowest BCUT2D eigenvalue weighted by molar-refractivity contribution is -0.0240. The maximum atomic E-state index is 10.7. The van der Waals surface area contributed by atoms with Crippen LogP contribution in [-0.2, 0) is 6.54 Å². The molecule has 4 atom stereocenters. The van der Waals surface area contributed by atoms with Gasteiger partial charge < -0.3 is 14.6 Å². The van der Waals surface area contributed by atoms with Crippen LogP contribution in [0.1, 0.15) is 24.0 Å². The van der Waals surface area contributed by atoms with Gasteiger partial charge in [0.1, 0.15) is 6.10 Å². The highest BCUT2D eigenvalue weighted by Crippen LogP contribution is 2.39. The molecule has 1 aliphatic carbocycles. The first-order valence-electron chi connectivity index (χ1n) is 9.85. The summed E-state index contributed by atoms with van der Waals surface area (Å²) >= 11 is 0. The summed E-state index contributed by atoms with van der Waals surface area (Å²) < 4.78 is 11.5. The van der Waals surface area contributed by atoms with Crippen LogP contribution in [0.5, 0.6) is 11.5 Å². The van der Waals surface area contributed by atoms with E-state index in [1.54, 1.807) is 7.11 Å². The fourth-order valence-corrected chi connectivity index (χ4v) is 4.57. The Morgan fingerprint density at radius 1 is 1.04 bits per heavy atom. The maximum Gasteiger partial charge on any atom is 0.161 e. The average molecular weight is 378 g/mol. The second-order valence-corrected chi connectivity index (χ2v) is 7.87. The van der Waals surface area contributed by atoms with Gasteiger partial charge in [0.15, 0.2) is 11.5 Å². The van der Waals surface area contributed by atoms with E-state index >= 15 is 0 Å². The van der Waals surface area contributed by atoms with Crippen LogP contribution in [0, 0.1) is 23.2 Å². The van der Waals surface area contributed by atoms with E-state index in [0.29, 0.717) is 28.9 Å². The largest absolute Gasteiger partial charge is 0.493 e. The number of aliphatic hydroxyl groups is 1. The minimum absolute atomic E-state index is 0.201. The van der Waals surface area contributed by atoms with Gasteiger partial charge in [-0.15, -0.1) is 0 Å². The van der Waals surface area contributed by atoms with E-state index in [4.69, 9.17) is 14.7 Å². The molecule has 2 aromatic carbocycles. The first-order chi connectivity index (χ1) is 13.7. The smallest absolute Gasteiger partial charge is 0.161 e. The van der Waals surface area contributed by atoms with Crippen LogP contribution in [0.3, 0.4) is 0 Å². The van der Waals surface area contributed by atoms with E-state index < -0.39 is 6.10 Å². The number of fused-ring (bicyclic) bond motifs is 1. The lowest BCUT2D eigenvalue weighted by Gasteiger charge is -2.35. The lowest BCUT2D eigenvalue weighted by Crippen LogP contribution is -2.42. The van der Waals surface area contributed by atoms with Gasteiger partial charge in [-0.05, 0) is 54.5 Å². The molecule has 0 spiro atoms. The van der Waals surface area contributed by atoms with Crippen molar-refractivity contribution >= 4 is 0 Å². The molecule has 1 heterocycles. The van der Waals surface area contributed by atoms with Gasteiger partial charge >= 0.3 is 0 Å². The Labute approximate surface area is 166 Å². The molecule has 146 valence electrons. The third kappa shape index (κ3) is 3.99. The monoisotopic (exact) mass is 378 g/mol. The van der Waals surface area contributed by atoms with Gasteiger partial charge in [0.25, 0.3) is 0 Å². The topological polar surface area (TPSA) is 65.7 Å². The standard InChI is InChI=1S/C23H26N2O3/c1-27-21-4-2-3-5-22(21)28-23-11-19-15-25(14-18(19)10-20(23)26)13-17-8-6-16(12-24)7-9-17/h2-9,18-20,23,26H,10-11,13-15H2,1H3/t18-,19+,20+,23+/m0/s1. The first-order valence-corrected chi connectivity index (χ1v) is 9.85. The van der Waals surface area contributed by atoms with Crippen molar-refractivity contribution in [1.82, 2.24) is 4.90 Å². The molecule has 0 aromatic heterocycles. The van der Waals surface area contributed by atoms with E-state index in [0.717, 1.165) is 32.5 Å². The first kappa shape index (κ1) is 18.8. The highest BCUT2D eigenvalue weighted by Gasteiger charge is 2.42. The molecule has 1 aliphatic heterocycles. The van der Waals surface area contributed by atoms with Crippen molar-refractivity contribution in [3.63, 3.8) is 0 Å². The van der Waals surface area contributed by atoms with Crippen LogP contribution in [0.4, 0.5) is 0 Å². The van der Waals surface area contributed by atoms with Gasteiger partial charge in [0.2, 0.25) is 0 Å². The van der Waals surface area contributed by atoms with Crippen LogP contribution >= 0.6 is 0 Å². The Morgan fingerprint density at radius 3 is 2.39 bits per heavy atom. The number of nitrogens with zero attached hydrogens (tertiary/aromatic N) is 2. The van der Waals surface area contributed by atoms with Crippen molar-refractivity contribution in [2.24, 2.45) is 11.8 Å². The number of hydrogen-bond acceptors (Lipinski definition) is 5. The van der Waals surface area contributed by atoms with E-state index in [1.165, 1.54) is 5.56 Å². The van der Waals surface area contributed by atoms with Gasteiger partial charge in [-0.1, -0.05) is 24.3 Å². The zero-order chi connectivity index (χ0) is 19.5. The summed E-state index contributed by atoms with van der Waals surface area (Å²) in [6.07, 6.45) is 0.968. The molecule has 1 N–H and O–H groups in total. The molecule has 2 aromatic rings. The molecule has 4 rings (SSSR count). The number of ether oxygens (including phenoxy) is 2. The van der Waals surface area contributed by atoms with Crippen molar-refractivity contribution < 1.29 is 14.6 Å². The summed E-state index contributed by atoms with van der Waals surface area (Å²) in [5, 5.41) is 19.6. The van der Waals surface area contributed by atoms with E-state index in [-0.39, 0.29) is 6.10 Å². The molecule has 0 unspecified atom stereocenters. The number of para-hydroxylation sites is 2. The minimum atomic E-state index is -0.457. The fraction of sp³-hybridized carbons (Fsp3) is 0.435. The van der Waals surface area contributed by atoms with E-state index in [2.05, 4.69) is 11.0 Å². The van der Waals surface area contributed by atoms with Crippen molar-refractivity contribution in [3.05, 3.63) is 59.7 Å². The van der Waals surface area contributed by atoms with Gasteiger partial charge in [0.05, 0.1) is 24.8 Å². The van der Waals surface area contributed by atoms with Gasteiger partial charge in [-0.3, -0.25) is 4.90 Å². The summed E-state index contributed by atoms with van der Waals surface area (Å²) in [7, 11) is 1.63. The number of nitriles is 1. The molecule has 0 radical (unpaired) electrons. The second-order valence-electron chi connectivity index (χ2n) is 7.87. The normalized spacial score (nSPS) is 27.0. The Balaban J connectivity index is 1.38. The summed E-state index contributed by atoms with van der Waals surface area (Å²) in [6.45, 7) is 2.90. The van der Waals surface area contributed by atoms with Crippen molar-refractivity contribution in [2.45, 2.75) is 31.6 Å². The Morgan fingerprint density at radius 2 is 1.71 bits per heavy atom. The van der Waals surface area contributed by atoms with E-state index in [9.17, 15) is 5.11 Å². The molecule has 0 amide bonds. The van der Waals surface area contributed by atoms with Crippen LogP contribution < -0.4 is 9.47 Å². The average Bonchev–Trinajstić information content (AvgIpc) is 3.10. The third-order valence-electron chi connectivity index (χ3n) is 6.00. The summed E-state index contributed by atoms with van der Waals surface area (Å²) in [5.74, 6) is 2.43. The van der Waals surface area contributed by atoms with Crippen LogP contribution in [-0.4, -0.2) is 42.4 Å². The molecule has 1 saturated carbocycles. The highest BCUT2D eigenvalue weighted by atomic mass is 16.5. The Hall–Kier alpha value is -2.55. The Bertz CT molecular complexity index is 846. The zero-order valence-corrected chi connectivity index (χ0v) is 16.1. The Kier molecular flexibility index (Phi) is 5.52. The van der Waals surface area contributed by atoms with Gasteiger partial charge in [-0.2, -0.15) is 5.26 Å². The van der Waals surface area contributed by atoms with Crippen molar-refractivity contribution in [3.8, 4) is 17.6 Å². The maximum absolute atomic E-state index is 10.7. The number of methoxy groups -OCH3 is 1. The van der Waals surface area contributed by atoms with Crippen LogP contribution in [0.2, 0.25) is 0 Å². The quantitative estimate of drug-likeness (QED) is 0.865. The van der Waals surface area contributed by atoms with Crippen molar-refractivity contribution in [2.75, 3.05) is 20.2 Å². The molecule has 1 saturated heterocycles. The lowest BCUT2D eigenvalue weighted by atomic mass is 9.78. The fourth-order valence-electron chi connectivity index (χ4n) is 4.57. The SMILES string of the molecule is COc1ccccc1O[C@@H]1C[C@@H]2CN(Cc3ccc(C#N)cc3)C[C@@H]2C[C@H]1O. The number of rotatable bonds is 5. The summed E-state index contributed by atoms with van der Waals surface area (Å²) in [6, 6.07) is 17.6. The molecule has 5 heteroatoms. The second kappa shape index (κ2) is 8.22. The minimum Gasteiger partial charge on any atom is -0.493 e. The molecular weight excluding hydrogens is 352 g/mol. The number of benzene rings is 2. The predicted octanol–water partition coefficient (Wildman–Crippen LogP) is 3.22. The number of hydrogen-bond donors (Lipinski definition) is 1. The van der Waals surface area contributed by atoms with Gasteiger partial charge in [-0.25, -0.2) is 0 Å². The van der Waals surface area contributed by atoms with E-state index in [1.807, 2.05) is 48.5 Å². The predicted molar refractivity (Wildman–Crippen MR) is 106 cm³/mol. The molecular formula is C23H26N2O3. The van der Waals surface area contributed by atoms with Crippen LogP contribution in [0.25, 0.3) is 0 Å². The zero-order valence-electron chi connectivity index (χ0n) is 16.1. The summed E-state index contributed by atoms with van der Waals surface area (Å²) in [4.78, 5) is 2.45. The molecule has 5 nitrogen and oxygen atoms in total.